The number of sulfonamides is 2. The summed E-state index contributed by atoms with van der Waals surface area (Å²) in [5, 5.41) is 23.5. The maximum atomic E-state index is 13.1. The zero-order valence-corrected chi connectivity index (χ0v) is 24.2. The molecule has 4 aromatic carbocycles. The molecule has 0 fully saturated rings. The van der Waals surface area contributed by atoms with Gasteiger partial charge in [0.25, 0.3) is 0 Å². The number of carbonyl (C=O) groups is 2. The van der Waals surface area contributed by atoms with Gasteiger partial charge in [-0.2, -0.15) is 0 Å². The van der Waals surface area contributed by atoms with Crippen LogP contribution in [0.15, 0.2) is 107 Å². The molecule has 0 aromatic heterocycles. The highest BCUT2D eigenvalue weighted by atomic mass is 32.2. The van der Waals surface area contributed by atoms with Gasteiger partial charge in [0.05, 0.1) is 33.8 Å². The standard InChI is InChI=1S/C31H28N2O8S2/c34-30(35)28(15-20-7-3-1-4-8-20)32-42(38,39)24-11-13-26-22(18-24)17-23-19-25(12-14-27(23)26)43(40,41)33-29(31(36)37)16-21-9-5-2-6-10-21/h1-14,18-19,28-29,32-33H,15-17H2,(H,34,35)(H,36,37)/p-2/t28-,29+. The molecule has 4 aromatic rings. The van der Waals surface area contributed by atoms with Gasteiger partial charge >= 0.3 is 0 Å². The summed E-state index contributed by atoms with van der Waals surface area (Å²) in [6.07, 6.45) is 0.00167. The van der Waals surface area contributed by atoms with Crippen LogP contribution in [-0.4, -0.2) is 40.9 Å². The van der Waals surface area contributed by atoms with Crippen LogP contribution in [0, 0.1) is 0 Å². The first-order valence-electron chi connectivity index (χ1n) is 13.2. The van der Waals surface area contributed by atoms with E-state index in [2.05, 4.69) is 9.44 Å². The molecular weight excluding hydrogens is 592 g/mol. The lowest BCUT2D eigenvalue weighted by atomic mass is 10.1. The van der Waals surface area contributed by atoms with E-state index in [1.165, 1.54) is 24.3 Å². The minimum Gasteiger partial charge on any atom is -0.548 e. The second kappa shape index (κ2) is 12.1. The number of rotatable bonds is 12. The van der Waals surface area contributed by atoms with Crippen molar-refractivity contribution >= 4 is 32.0 Å². The second-order valence-electron chi connectivity index (χ2n) is 10.2. The first kappa shape index (κ1) is 30.1. The molecule has 0 heterocycles. The van der Waals surface area contributed by atoms with Crippen LogP contribution >= 0.6 is 0 Å². The van der Waals surface area contributed by atoms with Crippen LogP contribution in [0.3, 0.4) is 0 Å². The average molecular weight is 619 g/mol. The minimum atomic E-state index is -4.25. The zero-order valence-electron chi connectivity index (χ0n) is 22.6. The number of aliphatic carboxylic acids is 2. The predicted octanol–water partition coefficient (Wildman–Crippen LogP) is 0.537. The predicted molar refractivity (Wildman–Crippen MR) is 153 cm³/mol. The van der Waals surface area contributed by atoms with E-state index in [9.17, 15) is 36.6 Å². The van der Waals surface area contributed by atoms with Crippen LogP contribution in [-0.2, 0) is 48.9 Å². The van der Waals surface area contributed by atoms with Gasteiger partial charge in [0.2, 0.25) is 20.0 Å². The van der Waals surface area contributed by atoms with Crippen LogP contribution in [0.25, 0.3) is 11.1 Å². The molecule has 0 saturated carbocycles. The lowest BCUT2D eigenvalue weighted by Crippen LogP contribution is -2.49. The molecule has 2 atom stereocenters. The fraction of sp³-hybridized carbons (Fsp3) is 0.161. The van der Waals surface area contributed by atoms with Crippen molar-refractivity contribution in [1.82, 2.24) is 9.44 Å². The summed E-state index contributed by atoms with van der Waals surface area (Å²) in [7, 11) is -8.50. The summed E-state index contributed by atoms with van der Waals surface area (Å²) in [6.45, 7) is 0. The van der Waals surface area contributed by atoms with Gasteiger partial charge in [-0.3, -0.25) is 0 Å². The normalized spacial score (nSPS) is 14.0. The Labute approximate surface area is 249 Å². The van der Waals surface area contributed by atoms with E-state index in [1.54, 1.807) is 72.8 Å². The van der Waals surface area contributed by atoms with E-state index < -0.39 is 44.1 Å². The second-order valence-corrected chi connectivity index (χ2v) is 13.6. The maximum absolute atomic E-state index is 13.1. The van der Waals surface area contributed by atoms with Crippen molar-refractivity contribution in [3.8, 4) is 11.1 Å². The number of hydrogen-bond acceptors (Lipinski definition) is 8. The lowest BCUT2D eigenvalue weighted by Gasteiger charge is -2.20. The van der Waals surface area contributed by atoms with Crippen molar-refractivity contribution in [2.75, 3.05) is 0 Å². The summed E-state index contributed by atoms with van der Waals surface area (Å²) in [4.78, 5) is 23.2. The molecule has 0 radical (unpaired) electrons. The van der Waals surface area contributed by atoms with Gasteiger partial charge in [-0.05, 0) is 76.9 Å². The molecule has 222 valence electrons. The zero-order chi connectivity index (χ0) is 30.8. The van der Waals surface area contributed by atoms with Gasteiger partial charge in [-0.15, -0.1) is 0 Å². The van der Waals surface area contributed by atoms with E-state index in [1.807, 2.05) is 0 Å². The maximum Gasteiger partial charge on any atom is 0.241 e. The molecule has 0 saturated heterocycles. The molecule has 12 heteroatoms. The number of fused-ring (bicyclic) bond motifs is 3. The van der Waals surface area contributed by atoms with E-state index in [0.717, 1.165) is 0 Å². The largest absolute Gasteiger partial charge is 0.548 e. The number of carbonyl (C=O) groups excluding carboxylic acids is 2. The van der Waals surface area contributed by atoms with Crippen LogP contribution in [0.1, 0.15) is 22.3 Å². The molecule has 10 nitrogen and oxygen atoms in total. The number of hydrogen-bond donors (Lipinski definition) is 2. The summed E-state index contributed by atoms with van der Waals surface area (Å²) in [6, 6.07) is 22.8. The molecule has 0 amide bonds. The van der Waals surface area contributed by atoms with E-state index in [0.29, 0.717) is 33.4 Å². The first-order valence-corrected chi connectivity index (χ1v) is 16.2. The van der Waals surface area contributed by atoms with Crippen molar-refractivity contribution in [2.45, 2.75) is 41.1 Å². The van der Waals surface area contributed by atoms with Crippen LogP contribution in [0.4, 0.5) is 0 Å². The Morgan fingerprint density at radius 3 is 1.33 bits per heavy atom. The Bertz CT molecular complexity index is 1760. The summed E-state index contributed by atoms with van der Waals surface area (Å²) < 4.78 is 57.0. The SMILES string of the molecule is O=C([O-])[C@H](Cc1ccccc1)NS(=O)(=O)c1ccc2c(c1)Cc1cc(S(=O)(=O)N[C@H](Cc3ccccc3)C(=O)[O-])ccc1-2. The molecule has 0 spiro atoms. The average Bonchev–Trinajstić information content (AvgIpc) is 3.34. The third-order valence-electron chi connectivity index (χ3n) is 7.17. The molecule has 0 aliphatic heterocycles. The lowest BCUT2D eigenvalue weighted by molar-refractivity contribution is -0.309. The van der Waals surface area contributed by atoms with Crippen molar-refractivity contribution in [3.05, 3.63) is 119 Å². The molecule has 1 aliphatic carbocycles. The summed E-state index contributed by atoms with van der Waals surface area (Å²) in [5.41, 5.74) is 3.84. The molecule has 0 unspecified atom stereocenters. The van der Waals surface area contributed by atoms with Gasteiger partial charge in [-0.25, -0.2) is 26.3 Å². The van der Waals surface area contributed by atoms with Crippen molar-refractivity contribution in [2.24, 2.45) is 0 Å². The highest BCUT2D eigenvalue weighted by Gasteiger charge is 2.27. The monoisotopic (exact) mass is 618 g/mol. The van der Waals surface area contributed by atoms with Crippen LogP contribution < -0.4 is 19.7 Å². The Hall–Kier alpha value is -4.36. The summed E-state index contributed by atoms with van der Waals surface area (Å²) >= 11 is 0. The van der Waals surface area contributed by atoms with Gasteiger partial charge in [0.1, 0.15) is 0 Å². The van der Waals surface area contributed by atoms with Crippen molar-refractivity contribution < 1.29 is 36.6 Å². The molecule has 1 aliphatic rings. The van der Waals surface area contributed by atoms with Gasteiger partial charge in [-0.1, -0.05) is 72.8 Å². The van der Waals surface area contributed by atoms with E-state index in [-0.39, 0.29) is 29.1 Å². The van der Waals surface area contributed by atoms with E-state index >= 15 is 0 Å². The number of benzene rings is 4. The Morgan fingerprint density at radius 1 is 0.605 bits per heavy atom. The van der Waals surface area contributed by atoms with Crippen molar-refractivity contribution in [1.29, 1.82) is 0 Å². The number of carboxylic acid groups (broad SMARTS) is 2. The van der Waals surface area contributed by atoms with Gasteiger partial charge in [0, 0.05) is 0 Å². The van der Waals surface area contributed by atoms with E-state index in [4.69, 9.17) is 0 Å². The smallest absolute Gasteiger partial charge is 0.241 e. The Morgan fingerprint density at radius 2 is 0.977 bits per heavy atom. The molecule has 0 bridgehead atoms. The van der Waals surface area contributed by atoms with Gasteiger partial charge < -0.3 is 19.8 Å². The van der Waals surface area contributed by atoms with Crippen LogP contribution in [0.2, 0.25) is 0 Å². The van der Waals surface area contributed by atoms with Crippen molar-refractivity contribution in [3.63, 3.8) is 0 Å². The first-order chi connectivity index (χ1) is 20.4. The fourth-order valence-corrected chi connectivity index (χ4v) is 7.52. The molecule has 2 N–H and O–H groups in total. The molecular formula is C31H26N2O8S2-2. The third-order valence-corrected chi connectivity index (χ3v) is 10.1. The quantitative estimate of drug-likeness (QED) is 0.204. The number of carboxylic acids is 2. The minimum absolute atomic E-state index is 0.103. The summed E-state index contributed by atoms with van der Waals surface area (Å²) in [5.74, 6) is -3.12. The molecule has 43 heavy (non-hydrogen) atoms. The fourth-order valence-electron chi connectivity index (χ4n) is 5.05. The Balaban J connectivity index is 1.34. The topological polar surface area (TPSA) is 173 Å². The Kier molecular flexibility index (Phi) is 8.47. The highest BCUT2D eigenvalue weighted by molar-refractivity contribution is 7.89. The molecule has 5 rings (SSSR count). The van der Waals surface area contributed by atoms with Gasteiger partial charge in [0.15, 0.2) is 0 Å². The highest BCUT2D eigenvalue weighted by Crippen LogP contribution is 2.38. The third kappa shape index (κ3) is 6.83. The van der Waals surface area contributed by atoms with Crippen LogP contribution in [0.5, 0.6) is 0 Å². The number of nitrogens with one attached hydrogen (secondary N) is 2.